The van der Waals surface area contributed by atoms with Crippen molar-refractivity contribution in [2.45, 2.75) is 0 Å². The first-order valence-electron chi connectivity index (χ1n) is 3.40. The average Bonchev–Trinajstić information content (AvgIpc) is 2.01. The van der Waals surface area contributed by atoms with Gasteiger partial charge in [0.1, 0.15) is 11.6 Å². The molecule has 14 heavy (non-hydrogen) atoms. The maximum Gasteiger partial charge on any atom is 0.382 e. The van der Waals surface area contributed by atoms with E-state index in [9.17, 15) is 13.6 Å². The van der Waals surface area contributed by atoms with Crippen molar-refractivity contribution in [3.8, 4) is 11.8 Å². The molecule has 0 amide bonds. The van der Waals surface area contributed by atoms with Crippen LogP contribution in [0.3, 0.4) is 0 Å². The molecule has 0 aromatic heterocycles. The fourth-order valence-corrected chi connectivity index (χ4v) is 1.18. The highest BCUT2D eigenvalue weighted by Gasteiger charge is 2.07. The second-order valence-electron chi connectivity index (χ2n) is 2.30. The predicted molar refractivity (Wildman–Crippen MR) is 48.6 cm³/mol. The first-order chi connectivity index (χ1) is 6.50. The summed E-state index contributed by atoms with van der Waals surface area (Å²) in [5.41, 5.74) is -0.546. The summed E-state index contributed by atoms with van der Waals surface area (Å²) < 4.78 is 26.2. The number of halogens is 3. The molecule has 1 rings (SSSR count). The van der Waals surface area contributed by atoms with Gasteiger partial charge in [-0.2, -0.15) is 0 Å². The van der Waals surface area contributed by atoms with E-state index in [2.05, 4.69) is 15.9 Å². The van der Waals surface area contributed by atoms with Gasteiger partial charge in [-0.1, -0.05) is 15.9 Å². The molecule has 0 fully saturated rings. The van der Waals surface area contributed by atoms with Gasteiger partial charge in [0.15, 0.2) is 0 Å². The summed E-state index contributed by atoms with van der Waals surface area (Å²) in [5.74, 6) is 0.288. The monoisotopic (exact) mass is 260 g/mol. The molecule has 0 bridgehead atoms. The molecule has 0 aliphatic heterocycles. The maximum atomic E-state index is 13.0. The number of rotatable bonds is 0. The van der Waals surface area contributed by atoms with Crippen molar-refractivity contribution in [1.29, 1.82) is 0 Å². The van der Waals surface area contributed by atoms with E-state index in [0.717, 1.165) is 12.1 Å². The molecule has 1 N–H and O–H groups in total. The number of carboxylic acid groups (broad SMARTS) is 1. The molecule has 0 saturated heterocycles. The van der Waals surface area contributed by atoms with Gasteiger partial charge >= 0.3 is 5.97 Å². The molecule has 0 unspecified atom stereocenters. The Kier molecular flexibility index (Phi) is 3.20. The van der Waals surface area contributed by atoms with Crippen LogP contribution in [-0.2, 0) is 4.79 Å². The molecular weight excluding hydrogens is 258 g/mol. The second-order valence-corrected chi connectivity index (χ2v) is 3.22. The molecule has 0 aliphatic rings. The molecule has 1 aromatic carbocycles. The van der Waals surface area contributed by atoms with Gasteiger partial charge in [0.25, 0.3) is 0 Å². The van der Waals surface area contributed by atoms with Gasteiger partial charge < -0.3 is 5.11 Å². The number of benzene rings is 1. The van der Waals surface area contributed by atoms with Crippen LogP contribution in [0.25, 0.3) is 0 Å². The zero-order chi connectivity index (χ0) is 10.7. The largest absolute Gasteiger partial charge is 0.472 e. The van der Waals surface area contributed by atoms with Crippen LogP contribution in [0.5, 0.6) is 0 Å². The third-order valence-corrected chi connectivity index (χ3v) is 1.76. The fourth-order valence-electron chi connectivity index (χ4n) is 0.778. The highest BCUT2D eigenvalue weighted by atomic mass is 79.9. The van der Waals surface area contributed by atoms with E-state index in [1.807, 2.05) is 5.92 Å². The Morgan fingerprint density at radius 3 is 2.29 bits per heavy atom. The van der Waals surface area contributed by atoms with Crippen molar-refractivity contribution in [1.82, 2.24) is 0 Å². The Bertz CT molecular complexity index is 423. The minimum Gasteiger partial charge on any atom is -0.472 e. The second kappa shape index (κ2) is 4.20. The SMILES string of the molecule is O=C(O)C#Cc1c(F)cc(Br)cc1F. The van der Waals surface area contributed by atoms with Crippen LogP contribution in [0.1, 0.15) is 5.56 Å². The Balaban J connectivity index is 3.24. The molecule has 0 atom stereocenters. The predicted octanol–water partition coefficient (Wildman–Crippen LogP) is 2.16. The summed E-state index contributed by atoms with van der Waals surface area (Å²) in [6, 6.07) is 2.02. The number of carbonyl (C=O) groups is 1. The Labute approximate surface area is 86.7 Å². The van der Waals surface area contributed by atoms with Crippen LogP contribution in [-0.4, -0.2) is 11.1 Å². The number of hydrogen-bond donors (Lipinski definition) is 1. The molecular formula is C9H3BrF2O2. The van der Waals surface area contributed by atoms with Gasteiger partial charge in [0.05, 0.1) is 5.56 Å². The summed E-state index contributed by atoms with van der Waals surface area (Å²) in [6.07, 6.45) is 0. The van der Waals surface area contributed by atoms with Crippen LogP contribution in [0, 0.1) is 23.5 Å². The molecule has 0 aliphatic carbocycles. The zero-order valence-corrected chi connectivity index (χ0v) is 8.23. The van der Waals surface area contributed by atoms with Gasteiger partial charge in [0.2, 0.25) is 0 Å². The van der Waals surface area contributed by atoms with Crippen molar-refractivity contribution < 1.29 is 18.7 Å². The molecule has 0 heterocycles. The van der Waals surface area contributed by atoms with Crippen molar-refractivity contribution in [2.75, 3.05) is 0 Å². The lowest BCUT2D eigenvalue weighted by Crippen LogP contribution is -1.92. The summed E-state index contributed by atoms with van der Waals surface area (Å²) in [7, 11) is 0. The minimum absolute atomic E-state index is 0.230. The van der Waals surface area contributed by atoms with E-state index in [1.54, 1.807) is 5.92 Å². The van der Waals surface area contributed by atoms with E-state index >= 15 is 0 Å². The van der Waals surface area contributed by atoms with Crippen molar-refractivity contribution in [3.05, 3.63) is 33.8 Å². The molecule has 72 valence electrons. The lowest BCUT2D eigenvalue weighted by atomic mass is 10.2. The third kappa shape index (κ3) is 2.54. The highest BCUT2D eigenvalue weighted by Crippen LogP contribution is 2.18. The fraction of sp³-hybridized carbons (Fsp3) is 0. The maximum absolute atomic E-state index is 13.0. The summed E-state index contributed by atoms with van der Waals surface area (Å²) in [4.78, 5) is 10.0. The lowest BCUT2D eigenvalue weighted by Gasteiger charge is -1.97. The molecule has 5 heteroatoms. The third-order valence-electron chi connectivity index (χ3n) is 1.30. The summed E-state index contributed by atoms with van der Waals surface area (Å²) in [6.45, 7) is 0. The Morgan fingerprint density at radius 2 is 1.86 bits per heavy atom. The van der Waals surface area contributed by atoms with E-state index in [1.165, 1.54) is 0 Å². The van der Waals surface area contributed by atoms with Crippen LogP contribution < -0.4 is 0 Å². The van der Waals surface area contributed by atoms with Gasteiger partial charge in [-0.15, -0.1) is 0 Å². The minimum atomic E-state index is -1.44. The van der Waals surface area contributed by atoms with Crippen molar-refractivity contribution >= 4 is 21.9 Å². The van der Waals surface area contributed by atoms with Crippen LogP contribution in [0.15, 0.2) is 16.6 Å². The molecule has 0 radical (unpaired) electrons. The molecule has 0 saturated carbocycles. The van der Waals surface area contributed by atoms with Gasteiger partial charge in [0, 0.05) is 10.4 Å². The highest BCUT2D eigenvalue weighted by molar-refractivity contribution is 9.10. The molecule has 2 nitrogen and oxygen atoms in total. The lowest BCUT2D eigenvalue weighted by molar-refractivity contribution is -0.130. The van der Waals surface area contributed by atoms with E-state index in [4.69, 9.17) is 5.11 Å². The van der Waals surface area contributed by atoms with E-state index < -0.39 is 23.2 Å². The Hall–Kier alpha value is -1.41. The quantitative estimate of drug-likeness (QED) is 0.726. The van der Waals surface area contributed by atoms with E-state index in [0.29, 0.717) is 0 Å². The standard InChI is InChI=1S/C9H3BrF2O2/c10-5-3-7(11)6(8(12)4-5)1-2-9(13)14/h3-4H,(H,13,14). The van der Waals surface area contributed by atoms with Gasteiger partial charge in [-0.05, 0) is 18.1 Å². The smallest absolute Gasteiger partial charge is 0.382 e. The van der Waals surface area contributed by atoms with Crippen LogP contribution in [0.2, 0.25) is 0 Å². The Morgan fingerprint density at radius 1 is 1.36 bits per heavy atom. The zero-order valence-electron chi connectivity index (χ0n) is 6.64. The normalized spacial score (nSPS) is 9.07. The van der Waals surface area contributed by atoms with Crippen molar-refractivity contribution in [2.24, 2.45) is 0 Å². The molecule has 1 aromatic rings. The van der Waals surface area contributed by atoms with Gasteiger partial charge in [-0.25, -0.2) is 13.6 Å². The van der Waals surface area contributed by atoms with Crippen LogP contribution >= 0.6 is 15.9 Å². The number of aliphatic carboxylic acids is 1. The summed E-state index contributed by atoms with van der Waals surface area (Å²) >= 11 is 2.88. The van der Waals surface area contributed by atoms with Gasteiger partial charge in [-0.3, -0.25) is 0 Å². The van der Waals surface area contributed by atoms with Crippen molar-refractivity contribution in [3.63, 3.8) is 0 Å². The number of hydrogen-bond acceptors (Lipinski definition) is 1. The first kappa shape index (κ1) is 10.7. The van der Waals surface area contributed by atoms with Crippen LogP contribution in [0.4, 0.5) is 8.78 Å². The van der Waals surface area contributed by atoms with E-state index in [-0.39, 0.29) is 4.47 Å². The average molecular weight is 261 g/mol. The number of carboxylic acids is 1. The topological polar surface area (TPSA) is 37.3 Å². The summed E-state index contributed by atoms with van der Waals surface area (Å²) in [5, 5.41) is 8.18. The first-order valence-corrected chi connectivity index (χ1v) is 4.19. The molecule has 0 spiro atoms.